The summed E-state index contributed by atoms with van der Waals surface area (Å²) >= 11 is 5.98. The molecule has 2 heterocycles. The minimum atomic E-state index is -1.17. The number of benzene rings is 3. The predicted octanol–water partition coefficient (Wildman–Crippen LogP) is 5.85. The van der Waals surface area contributed by atoms with E-state index in [1.165, 1.54) is 22.7 Å². The number of carboxylic acids is 1. The topological polar surface area (TPSA) is 74.9 Å². The van der Waals surface area contributed by atoms with Crippen LogP contribution in [0.25, 0.3) is 17.0 Å². The molecule has 0 saturated heterocycles. The summed E-state index contributed by atoms with van der Waals surface area (Å²) in [5.74, 6) is -1.49. The fourth-order valence-electron chi connectivity index (χ4n) is 4.12. The number of amides is 1. The Morgan fingerprint density at radius 1 is 1.06 bits per heavy atom. The molecule has 3 aromatic carbocycles. The van der Waals surface area contributed by atoms with E-state index in [1.807, 2.05) is 48.7 Å². The molecule has 0 unspecified atom stereocenters. The number of fused-ring (bicyclic) bond motifs is 1. The molecule has 5 rings (SSSR count). The average Bonchev–Trinajstić information content (AvgIpc) is 3.32. The van der Waals surface area contributed by atoms with Gasteiger partial charge in [-0.1, -0.05) is 60.1 Å². The minimum absolute atomic E-state index is 0.0822. The highest BCUT2D eigenvalue weighted by Gasteiger charge is 2.30. The normalized spacial score (nSPS) is 14.8. The number of aromatic nitrogens is 1. The van der Waals surface area contributed by atoms with Gasteiger partial charge in [0.15, 0.2) is 0 Å². The number of anilines is 1. The zero-order valence-electron chi connectivity index (χ0n) is 18.3. The Hall–Kier alpha value is -4.16. The number of halogens is 1. The van der Waals surface area contributed by atoms with Gasteiger partial charge in [0.1, 0.15) is 0 Å². The fraction of sp³-hybridized carbons (Fsp3) is 0.0741. The molecule has 0 aliphatic carbocycles. The van der Waals surface area contributed by atoms with Crippen LogP contribution in [0.2, 0.25) is 5.02 Å². The molecule has 7 heteroatoms. The molecule has 0 radical (unpaired) electrons. The average molecular weight is 470 g/mol. The summed E-state index contributed by atoms with van der Waals surface area (Å²) in [5.41, 5.74) is 4.43. The SMILES string of the molecule is CC1=NN(c2ccc(Cl)c(C(=O)O)c2)C(=O)/C1=C/c1cn(Cc2ccccc2)c2ccccc12. The molecule has 168 valence electrons. The molecular formula is C27H20ClN3O3. The molecule has 1 amide bonds. The molecule has 6 nitrogen and oxygen atoms in total. The third kappa shape index (κ3) is 3.89. The van der Waals surface area contributed by atoms with Crippen LogP contribution in [-0.2, 0) is 11.3 Å². The van der Waals surface area contributed by atoms with Gasteiger partial charge in [-0.3, -0.25) is 4.79 Å². The van der Waals surface area contributed by atoms with E-state index in [0.29, 0.717) is 23.5 Å². The second kappa shape index (κ2) is 8.65. The van der Waals surface area contributed by atoms with E-state index < -0.39 is 5.97 Å². The van der Waals surface area contributed by atoms with Gasteiger partial charge in [0.25, 0.3) is 5.91 Å². The van der Waals surface area contributed by atoms with Crippen LogP contribution in [-0.4, -0.2) is 27.3 Å². The number of hydrogen-bond acceptors (Lipinski definition) is 3. The first-order valence-electron chi connectivity index (χ1n) is 10.7. The summed E-state index contributed by atoms with van der Waals surface area (Å²) < 4.78 is 2.17. The lowest BCUT2D eigenvalue weighted by molar-refractivity contribution is -0.114. The number of hydrogen-bond donors (Lipinski definition) is 1. The Kier molecular flexibility index (Phi) is 5.51. The van der Waals surface area contributed by atoms with Crippen molar-refractivity contribution in [1.29, 1.82) is 0 Å². The smallest absolute Gasteiger partial charge is 0.337 e. The Morgan fingerprint density at radius 2 is 1.79 bits per heavy atom. The molecule has 34 heavy (non-hydrogen) atoms. The summed E-state index contributed by atoms with van der Waals surface area (Å²) in [7, 11) is 0. The Balaban J connectivity index is 1.53. The van der Waals surface area contributed by atoms with Gasteiger partial charge in [0, 0.05) is 29.2 Å². The Bertz CT molecular complexity index is 1500. The summed E-state index contributed by atoms with van der Waals surface area (Å²) in [6.45, 7) is 2.47. The van der Waals surface area contributed by atoms with Gasteiger partial charge in [-0.15, -0.1) is 0 Å². The predicted molar refractivity (Wildman–Crippen MR) is 134 cm³/mol. The van der Waals surface area contributed by atoms with E-state index in [2.05, 4.69) is 27.9 Å². The number of carboxylic acid groups (broad SMARTS) is 1. The van der Waals surface area contributed by atoms with Crippen LogP contribution in [0, 0.1) is 0 Å². The van der Waals surface area contributed by atoms with Gasteiger partial charge in [-0.05, 0) is 42.8 Å². The molecule has 0 bridgehead atoms. The van der Waals surface area contributed by atoms with Crippen LogP contribution in [0.1, 0.15) is 28.4 Å². The van der Waals surface area contributed by atoms with Crippen molar-refractivity contribution in [2.75, 3.05) is 5.01 Å². The molecule has 1 aliphatic heterocycles. The van der Waals surface area contributed by atoms with Crippen molar-refractivity contribution >= 4 is 51.9 Å². The molecule has 0 fully saturated rings. The zero-order valence-corrected chi connectivity index (χ0v) is 19.0. The first kappa shape index (κ1) is 21.7. The Morgan fingerprint density at radius 3 is 2.56 bits per heavy atom. The number of aromatic carboxylic acids is 1. The van der Waals surface area contributed by atoms with Crippen molar-refractivity contribution in [3.63, 3.8) is 0 Å². The summed E-state index contributed by atoms with van der Waals surface area (Å²) in [6.07, 6.45) is 3.89. The molecule has 1 aromatic heterocycles. The summed E-state index contributed by atoms with van der Waals surface area (Å²) in [4.78, 5) is 24.7. The van der Waals surface area contributed by atoms with E-state index in [1.54, 1.807) is 13.0 Å². The van der Waals surface area contributed by atoms with E-state index in [9.17, 15) is 14.7 Å². The van der Waals surface area contributed by atoms with E-state index in [-0.39, 0.29) is 16.5 Å². The molecule has 1 aliphatic rings. The van der Waals surface area contributed by atoms with Gasteiger partial charge in [0.05, 0.1) is 27.6 Å². The van der Waals surface area contributed by atoms with Crippen molar-refractivity contribution in [2.45, 2.75) is 13.5 Å². The second-order valence-electron chi connectivity index (χ2n) is 8.04. The monoisotopic (exact) mass is 469 g/mol. The van der Waals surface area contributed by atoms with Crippen LogP contribution >= 0.6 is 11.6 Å². The molecule has 1 N–H and O–H groups in total. The standard InChI is InChI=1S/C27H20ClN3O3/c1-17-22(26(32)31(29-17)20-11-12-24(28)23(14-20)27(33)34)13-19-16-30(15-18-7-3-2-4-8-18)25-10-6-5-9-21(19)25/h2-14,16H,15H2,1H3,(H,33,34)/b22-13+. The minimum Gasteiger partial charge on any atom is -0.478 e. The number of carbonyl (C=O) groups excluding carboxylic acids is 1. The Labute approximate surface area is 201 Å². The van der Waals surface area contributed by atoms with Gasteiger partial charge < -0.3 is 9.67 Å². The van der Waals surface area contributed by atoms with Crippen molar-refractivity contribution in [1.82, 2.24) is 4.57 Å². The molecule has 4 aromatic rings. The quantitative estimate of drug-likeness (QED) is 0.373. The van der Waals surface area contributed by atoms with Crippen molar-refractivity contribution < 1.29 is 14.7 Å². The van der Waals surface area contributed by atoms with Crippen LogP contribution < -0.4 is 5.01 Å². The molecule has 0 saturated carbocycles. The van der Waals surface area contributed by atoms with Gasteiger partial charge >= 0.3 is 5.97 Å². The highest BCUT2D eigenvalue weighted by atomic mass is 35.5. The summed E-state index contributed by atoms with van der Waals surface area (Å²) in [5, 5.41) is 16.1. The highest BCUT2D eigenvalue weighted by Crippen LogP contribution is 2.30. The molecule has 0 spiro atoms. The van der Waals surface area contributed by atoms with Gasteiger partial charge in [0.2, 0.25) is 0 Å². The lowest BCUT2D eigenvalue weighted by atomic mass is 10.1. The summed E-state index contributed by atoms with van der Waals surface area (Å²) in [6, 6.07) is 22.6. The van der Waals surface area contributed by atoms with Crippen LogP contribution in [0.3, 0.4) is 0 Å². The zero-order chi connectivity index (χ0) is 23.8. The van der Waals surface area contributed by atoms with Gasteiger partial charge in [-0.25, -0.2) is 4.79 Å². The maximum absolute atomic E-state index is 13.3. The van der Waals surface area contributed by atoms with Crippen molar-refractivity contribution in [2.24, 2.45) is 5.10 Å². The van der Waals surface area contributed by atoms with Crippen molar-refractivity contribution in [3.05, 3.63) is 106 Å². The second-order valence-corrected chi connectivity index (χ2v) is 8.45. The number of para-hydroxylation sites is 1. The number of hydrazone groups is 1. The third-order valence-corrected chi connectivity index (χ3v) is 6.13. The van der Waals surface area contributed by atoms with E-state index >= 15 is 0 Å². The van der Waals surface area contributed by atoms with Crippen molar-refractivity contribution in [3.8, 4) is 0 Å². The fourth-order valence-corrected chi connectivity index (χ4v) is 4.32. The third-order valence-electron chi connectivity index (χ3n) is 5.80. The highest BCUT2D eigenvalue weighted by molar-refractivity contribution is 6.34. The van der Waals surface area contributed by atoms with E-state index in [4.69, 9.17) is 11.6 Å². The first-order chi connectivity index (χ1) is 16.4. The van der Waals surface area contributed by atoms with Crippen LogP contribution in [0.5, 0.6) is 0 Å². The maximum Gasteiger partial charge on any atom is 0.337 e. The largest absolute Gasteiger partial charge is 0.478 e. The maximum atomic E-state index is 13.3. The first-order valence-corrected chi connectivity index (χ1v) is 11.1. The van der Waals surface area contributed by atoms with Gasteiger partial charge in [-0.2, -0.15) is 10.1 Å². The molecular weight excluding hydrogens is 450 g/mol. The number of nitrogens with zero attached hydrogens (tertiary/aromatic N) is 3. The number of rotatable bonds is 5. The van der Waals surface area contributed by atoms with E-state index in [0.717, 1.165) is 16.5 Å². The van der Waals surface area contributed by atoms with Crippen LogP contribution in [0.4, 0.5) is 5.69 Å². The van der Waals surface area contributed by atoms with Crippen LogP contribution in [0.15, 0.2) is 89.7 Å². The number of carbonyl (C=O) groups is 2. The molecule has 0 atom stereocenters. The lowest BCUT2D eigenvalue weighted by Crippen LogP contribution is -2.21. The lowest BCUT2D eigenvalue weighted by Gasteiger charge is -2.13.